The maximum atomic E-state index is 11.2. The number of esters is 1. The van der Waals surface area contributed by atoms with Gasteiger partial charge in [-0.05, 0) is 56.7 Å². The largest absolute Gasteiger partial charge is 0.467 e. The molecular weight excluding hydrogens is 363 g/mol. The van der Waals surface area contributed by atoms with Crippen molar-refractivity contribution >= 4 is 54.7 Å². The molecule has 5 heteroatoms. The number of hydrogen-bond acceptors (Lipinski definition) is 2. The molecule has 67 valence electrons. The molecule has 0 aliphatic carbocycles. The summed E-state index contributed by atoms with van der Waals surface area (Å²) >= 11 is 5.52. The van der Waals surface area contributed by atoms with E-state index in [4.69, 9.17) is 4.74 Å². The van der Waals surface area contributed by atoms with Crippen molar-refractivity contribution in [3.63, 3.8) is 0 Å². The summed E-state index contributed by atoms with van der Waals surface area (Å²) in [5, 5.41) is 0. The topological polar surface area (TPSA) is 26.3 Å². The molecule has 0 fully saturated rings. The van der Waals surface area contributed by atoms with Gasteiger partial charge in [0.1, 0.15) is 0 Å². The molecule has 0 saturated carbocycles. The molecule has 0 atom stereocenters. The van der Waals surface area contributed by atoms with Gasteiger partial charge in [-0.2, -0.15) is 0 Å². The fourth-order valence-electron chi connectivity index (χ4n) is 0.772. The Balaban J connectivity index is 2.90. The maximum absolute atomic E-state index is 11.2. The van der Waals surface area contributed by atoms with Crippen LogP contribution in [0.4, 0.5) is 0 Å². The van der Waals surface area contributed by atoms with Gasteiger partial charge in [0.25, 0.3) is 0 Å². The van der Waals surface area contributed by atoms with Crippen LogP contribution in [0, 0.1) is 3.57 Å². The Morgan fingerprint density at radius 2 is 2.31 bits per heavy atom. The predicted molar refractivity (Wildman–Crippen MR) is 62.9 cm³/mol. The zero-order valence-electron chi connectivity index (χ0n) is 6.51. The molecule has 0 bridgehead atoms. The monoisotopic (exact) mass is 367 g/mol. The highest BCUT2D eigenvalue weighted by Gasteiger charge is 2.07. The molecule has 0 amide bonds. The lowest BCUT2D eigenvalue weighted by Crippen LogP contribution is -2.06. The molecule has 13 heavy (non-hydrogen) atoms. The molecule has 1 aromatic carbocycles. The first kappa shape index (κ1) is 11.2. The Kier molecular flexibility index (Phi) is 4.40. The molecular formula is C8H5BrIO2Si. The molecule has 0 aliphatic heterocycles. The van der Waals surface area contributed by atoms with E-state index in [0.29, 0.717) is 5.56 Å². The fraction of sp³-hybridized carbons (Fsp3) is 0.125. The molecule has 0 N–H and O–H groups in total. The summed E-state index contributed by atoms with van der Waals surface area (Å²) in [6, 6.07) is 5.33. The molecule has 1 aromatic rings. The van der Waals surface area contributed by atoms with Gasteiger partial charge in [-0.15, -0.1) is 0 Å². The highest BCUT2D eigenvalue weighted by molar-refractivity contribution is 14.1. The van der Waals surface area contributed by atoms with E-state index in [9.17, 15) is 4.79 Å². The second kappa shape index (κ2) is 5.11. The molecule has 3 radical (unpaired) electrons. The van der Waals surface area contributed by atoms with Gasteiger partial charge in [-0.25, -0.2) is 4.79 Å². The Labute approximate surface area is 102 Å². The highest BCUT2D eigenvalue weighted by atomic mass is 127. The lowest BCUT2D eigenvalue weighted by atomic mass is 10.2. The van der Waals surface area contributed by atoms with E-state index in [1.165, 1.54) is 0 Å². The first-order chi connectivity index (χ1) is 6.15. The van der Waals surface area contributed by atoms with Crippen molar-refractivity contribution < 1.29 is 9.53 Å². The molecule has 0 aliphatic rings. The summed E-state index contributed by atoms with van der Waals surface area (Å²) in [7, 11) is 3.07. The van der Waals surface area contributed by atoms with Crippen molar-refractivity contribution in [2.75, 3.05) is 6.23 Å². The third kappa shape index (κ3) is 3.06. The average Bonchev–Trinajstić information content (AvgIpc) is 2.10. The molecule has 1 rings (SSSR count). The van der Waals surface area contributed by atoms with Crippen molar-refractivity contribution in [2.24, 2.45) is 0 Å². The minimum atomic E-state index is -0.327. The van der Waals surface area contributed by atoms with Crippen LogP contribution in [0.1, 0.15) is 10.4 Å². The second-order valence-electron chi connectivity index (χ2n) is 2.21. The fourth-order valence-corrected chi connectivity index (χ4v) is 1.62. The van der Waals surface area contributed by atoms with Crippen LogP contribution in [-0.2, 0) is 4.74 Å². The average molecular weight is 368 g/mol. The van der Waals surface area contributed by atoms with Crippen molar-refractivity contribution in [2.45, 2.75) is 0 Å². The van der Waals surface area contributed by atoms with Crippen molar-refractivity contribution in [3.05, 3.63) is 31.8 Å². The van der Waals surface area contributed by atoms with Crippen LogP contribution in [0.2, 0.25) is 0 Å². The number of hydrogen-bond donors (Lipinski definition) is 0. The molecule has 0 heterocycles. The van der Waals surface area contributed by atoms with Crippen LogP contribution in [0.15, 0.2) is 22.7 Å². The predicted octanol–water partition coefficient (Wildman–Crippen LogP) is 2.34. The van der Waals surface area contributed by atoms with Gasteiger partial charge in [0, 0.05) is 8.04 Å². The van der Waals surface area contributed by atoms with E-state index in [1.54, 1.807) is 12.1 Å². The van der Waals surface area contributed by atoms with Gasteiger partial charge < -0.3 is 4.74 Å². The van der Waals surface area contributed by atoms with Gasteiger partial charge >= 0.3 is 5.97 Å². The Morgan fingerprint density at radius 3 is 2.85 bits per heavy atom. The number of carbonyl (C=O) groups is 1. The second-order valence-corrected chi connectivity index (χ2v) is 4.51. The number of ether oxygens (including phenoxy) is 1. The van der Waals surface area contributed by atoms with E-state index in [0.717, 1.165) is 8.04 Å². The van der Waals surface area contributed by atoms with Crippen molar-refractivity contribution in [1.82, 2.24) is 0 Å². The highest BCUT2D eigenvalue weighted by Crippen LogP contribution is 2.20. The minimum Gasteiger partial charge on any atom is -0.467 e. The van der Waals surface area contributed by atoms with Gasteiger partial charge in [0.05, 0.1) is 22.0 Å². The number of carbonyl (C=O) groups excluding carboxylic acids is 1. The van der Waals surface area contributed by atoms with Gasteiger partial charge in [0.2, 0.25) is 0 Å². The molecule has 0 saturated heterocycles. The van der Waals surface area contributed by atoms with Gasteiger partial charge in [0.15, 0.2) is 0 Å². The Bertz CT molecular complexity index is 330. The van der Waals surface area contributed by atoms with E-state index >= 15 is 0 Å². The van der Waals surface area contributed by atoms with Crippen LogP contribution in [0.5, 0.6) is 0 Å². The number of rotatable bonds is 2. The van der Waals surface area contributed by atoms with Crippen LogP contribution in [-0.4, -0.2) is 22.4 Å². The lowest BCUT2D eigenvalue weighted by Gasteiger charge is -2.02. The summed E-state index contributed by atoms with van der Waals surface area (Å²) in [5.74, 6) is -0.327. The van der Waals surface area contributed by atoms with Crippen LogP contribution in [0.3, 0.4) is 0 Å². The molecule has 2 nitrogen and oxygen atoms in total. The molecule has 0 unspecified atom stereocenters. The first-order valence-corrected chi connectivity index (χ1v) is 6.00. The van der Waals surface area contributed by atoms with Gasteiger partial charge in [-0.3, -0.25) is 0 Å². The standard InChI is InChI=1S/C8H5BrIO2Si/c9-6-3-5(1-2-7(6)10)8(11)12-4-13/h1-3H,4H2. The number of halogens is 2. The minimum absolute atomic E-state index is 0.211. The Hall–Kier alpha value is 0.117. The van der Waals surface area contributed by atoms with Gasteiger partial charge in [-0.1, -0.05) is 0 Å². The van der Waals surface area contributed by atoms with Crippen molar-refractivity contribution in [1.29, 1.82) is 0 Å². The SMILES string of the molecule is O=C(OC[Si])c1ccc(I)c(Br)c1. The third-order valence-electron chi connectivity index (χ3n) is 1.36. The van der Waals surface area contributed by atoms with E-state index in [2.05, 4.69) is 48.8 Å². The smallest absolute Gasteiger partial charge is 0.337 e. The summed E-state index contributed by atoms with van der Waals surface area (Å²) in [4.78, 5) is 11.2. The normalized spacial score (nSPS) is 9.77. The zero-order chi connectivity index (χ0) is 9.84. The van der Waals surface area contributed by atoms with Crippen LogP contribution >= 0.6 is 38.5 Å². The lowest BCUT2D eigenvalue weighted by molar-refractivity contribution is 0.0573. The summed E-state index contributed by atoms with van der Waals surface area (Å²) in [5.41, 5.74) is 0.547. The van der Waals surface area contributed by atoms with Crippen LogP contribution in [0.25, 0.3) is 0 Å². The maximum Gasteiger partial charge on any atom is 0.337 e. The van der Waals surface area contributed by atoms with Crippen LogP contribution < -0.4 is 0 Å². The summed E-state index contributed by atoms with van der Waals surface area (Å²) in [6.45, 7) is 0. The quantitative estimate of drug-likeness (QED) is 0.455. The first-order valence-electron chi connectivity index (χ1n) is 3.42. The van der Waals surface area contributed by atoms with E-state index in [1.807, 2.05) is 6.07 Å². The van der Waals surface area contributed by atoms with E-state index in [-0.39, 0.29) is 12.2 Å². The Morgan fingerprint density at radius 1 is 1.62 bits per heavy atom. The summed E-state index contributed by atoms with van der Waals surface area (Å²) < 4.78 is 6.74. The van der Waals surface area contributed by atoms with Crippen molar-refractivity contribution in [3.8, 4) is 0 Å². The number of benzene rings is 1. The summed E-state index contributed by atoms with van der Waals surface area (Å²) in [6.07, 6.45) is 0.211. The van der Waals surface area contributed by atoms with E-state index < -0.39 is 0 Å². The zero-order valence-corrected chi connectivity index (χ0v) is 11.3. The molecule has 0 spiro atoms. The molecule has 0 aromatic heterocycles. The third-order valence-corrected chi connectivity index (χ3v) is 3.84.